The minimum atomic E-state index is -0.231. The predicted octanol–water partition coefficient (Wildman–Crippen LogP) is 1.95. The molecule has 0 spiro atoms. The van der Waals surface area contributed by atoms with Crippen molar-refractivity contribution in [2.75, 3.05) is 25.6 Å². The molecule has 0 radical (unpaired) electrons. The van der Waals surface area contributed by atoms with E-state index in [0.29, 0.717) is 13.2 Å². The van der Waals surface area contributed by atoms with Crippen molar-refractivity contribution in [2.24, 2.45) is 0 Å². The first kappa shape index (κ1) is 12.9. The van der Waals surface area contributed by atoms with Crippen molar-refractivity contribution >= 4 is 11.6 Å². The summed E-state index contributed by atoms with van der Waals surface area (Å²) in [5.74, 6) is -0.0249. The quantitative estimate of drug-likeness (QED) is 0.859. The summed E-state index contributed by atoms with van der Waals surface area (Å²) < 4.78 is 5.34. The van der Waals surface area contributed by atoms with Crippen LogP contribution in [0.5, 0.6) is 0 Å². The molecular formula is C14H20N2O2. The molecule has 1 atom stereocenters. The van der Waals surface area contributed by atoms with Crippen LogP contribution in [0.4, 0.5) is 5.69 Å². The maximum atomic E-state index is 12.2. The number of hydrogen-bond donors (Lipinski definition) is 2. The third kappa shape index (κ3) is 2.64. The molecule has 1 fully saturated rings. The maximum Gasteiger partial charge on any atom is 0.252 e. The number of aryl methyl sites for hydroxylation is 1. The van der Waals surface area contributed by atoms with Crippen LogP contribution in [0.1, 0.15) is 29.3 Å². The van der Waals surface area contributed by atoms with E-state index in [-0.39, 0.29) is 11.4 Å². The predicted molar refractivity (Wildman–Crippen MR) is 72.0 cm³/mol. The van der Waals surface area contributed by atoms with E-state index in [0.717, 1.165) is 23.2 Å². The van der Waals surface area contributed by atoms with Gasteiger partial charge in [0.1, 0.15) is 0 Å². The van der Waals surface area contributed by atoms with Crippen LogP contribution in [0.25, 0.3) is 0 Å². The molecule has 0 aromatic heterocycles. The highest BCUT2D eigenvalue weighted by Gasteiger charge is 2.31. The molecule has 1 aliphatic heterocycles. The lowest BCUT2D eigenvalue weighted by Crippen LogP contribution is -2.46. The Bertz CT molecular complexity index is 451. The number of benzene rings is 1. The third-order valence-electron chi connectivity index (χ3n) is 3.39. The van der Waals surface area contributed by atoms with Crippen molar-refractivity contribution in [1.29, 1.82) is 0 Å². The molecule has 4 heteroatoms. The molecule has 1 aromatic carbocycles. The number of rotatable bonds is 3. The lowest BCUT2D eigenvalue weighted by molar-refractivity contribution is 0.0889. The molecule has 1 saturated heterocycles. The van der Waals surface area contributed by atoms with Crippen molar-refractivity contribution in [3.63, 3.8) is 0 Å². The molecule has 0 bridgehead atoms. The fraction of sp³-hybridized carbons (Fsp3) is 0.500. The normalized spacial score (nSPS) is 22.8. The molecule has 18 heavy (non-hydrogen) atoms. The van der Waals surface area contributed by atoms with Crippen LogP contribution in [-0.4, -0.2) is 31.7 Å². The van der Waals surface area contributed by atoms with Crippen molar-refractivity contribution in [1.82, 2.24) is 5.32 Å². The van der Waals surface area contributed by atoms with E-state index in [1.807, 2.05) is 39.1 Å². The Morgan fingerprint density at radius 3 is 2.78 bits per heavy atom. The van der Waals surface area contributed by atoms with Gasteiger partial charge < -0.3 is 15.4 Å². The largest absolute Gasteiger partial charge is 0.388 e. The Morgan fingerprint density at radius 1 is 1.44 bits per heavy atom. The van der Waals surface area contributed by atoms with E-state index in [2.05, 4.69) is 10.6 Å². The summed E-state index contributed by atoms with van der Waals surface area (Å²) >= 11 is 0. The third-order valence-corrected chi connectivity index (χ3v) is 3.39. The summed E-state index contributed by atoms with van der Waals surface area (Å²) in [4.78, 5) is 12.2. The van der Waals surface area contributed by atoms with Gasteiger partial charge in [-0.3, -0.25) is 4.79 Å². The topological polar surface area (TPSA) is 50.4 Å². The molecule has 98 valence electrons. The zero-order chi connectivity index (χ0) is 13.2. The van der Waals surface area contributed by atoms with Gasteiger partial charge in [0.05, 0.1) is 12.1 Å². The number of anilines is 1. The Balaban J connectivity index is 2.13. The second kappa shape index (κ2) is 4.98. The smallest absolute Gasteiger partial charge is 0.252 e. The van der Waals surface area contributed by atoms with Crippen molar-refractivity contribution < 1.29 is 9.53 Å². The lowest BCUT2D eigenvalue weighted by atomic mass is 10.00. The standard InChI is InChI=1S/C14H20N2O2/c1-10-8-11(15-3)4-5-12(10)13(17)16-14(2)6-7-18-9-14/h4-5,8,15H,6-7,9H2,1-3H3,(H,16,17). The zero-order valence-electron chi connectivity index (χ0n) is 11.2. The Hall–Kier alpha value is -1.55. The van der Waals surface area contributed by atoms with E-state index in [4.69, 9.17) is 4.74 Å². The van der Waals surface area contributed by atoms with E-state index < -0.39 is 0 Å². The van der Waals surface area contributed by atoms with Gasteiger partial charge in [0, 0.05) is 24.9 Å². The van der Waals surface area contributed by atoms with Crippen LogP contribution in [0.15, 0.2) is 18.2 Å². The van der Waals surface area contributed by atoms with E-state index in [9.17, 15) is 4.79 Å². The molecule has 0 aliphatic carbocycles. The molecule has 0 saturated carbocycles. The SMILES string of the molecule is CNc1ccc(C(=O)NC2(C)CCOC2)c(C)c1. The van der Waals surface area contributed by atoms with Crippen LogP contribution in [0, 0.1) is 6.92 Å². The Labute approximate surface area is 108 Å². The van der Waals surface area contributed by atoms with Crippen molar-refractivity contribution in [3.8, 4) is 0 Å². The number of carbonyl (C=O) groups excluding carboxylic acids is 1. The minimum Gasteiger partial charge on any atom is -0.388 e. The highest BCUT2D eigenvalue weighted by atomic mass is 16.5. The molecule has 1 amide bonds. The van der Waals surface area contributed by atoms with Crippen LogP contribution in [-0.2, 0) is 4.74 Å². The molecule has 1 aliphatic rings. The molecule has 2 N–H and O–H groups in total. The number of amides is 1. The highest BCUT2D eigenvalue weighted by Crippen LogP contribution is 2.20. The molecule has 1 aromatic rings. The molecular weight excluding hydrogens is 228 g/mol. The first-order chi connectivity index (χ1) is 8.54. The van der Waals surface area contributed by atoms with Gasteiger partial charge in [0.15, 0.2) is 0 Å². The maximum absolute atomic E-state index is 12.2. The van der Waals surface area contributed by atoms with E-state index in [1.165, 1.54) is 0 Å². The minimum absolute atomic E-state index is 0.0249. The molecule has 2 rings (SSSR count). The monoisotopic (exact) mass is 248 g/mol. The first-order valence-corrected chi connectivity index (χ1v) is 6.23. The summed E-state index contributed by atoms with van der Waals surface area (Å²) in [6.07, 6.45) is 0.867. The summed E-state index contributed by atoms with van der Waals surface area (Å²) in [6, 6.07) is 5.74. The fourth-order valence-corrected chi connectivity index (χ4v) is 2.18. The first-order valence-electron chi connectivity index (χ1n) is 6.23. The Morgan fingerprint density at radius 2 is 2.22 bits per heavy atom. The number of nitrogens with one attached hydrogen (secondary N) is 2. The Kier molecular flexibility index (Phi) is 3.57. The molecule has 1 unspecified atom stereocenters. The summed E-state index contributed by atoms with van der Waals surface area (Å²) in [7, 11) is 1.87. The van der Waals surface area contributed by atoms with E-state index >= 15 is 0 Å². The van der Waals surface area contributed by atoms with Crippen LogP contribution >= 0.6 is 0 Å². The van der Waals surface area contributed by atoms with Crippen LogP contribution in [0.2, 0.25) is 0 Å². The molecule has 4 nitrogen and oxygen atoms in total. The van der Waals surface area contributed by atoms with Gasteiger partial charge in [-0.15, -0.1) is 0 Å². The second-order valence-electron chi connectivity index (χ2n) is 5.10. The van der Waals surface area contributed by atoms with Crippen LogP contribution in [0.3, 0.4) is 0 Å². The van der Waals surface area contributed by atoms with Gasteiger partial charge in [-0.25, -0.2) is 0 Å². The van der Waals surface area contributed by atoms with Crippen molar-refractivity contribution in [2.45, 2.75) is 25.8 Å². The summed E-state index contributed by atoms with van der Waals surface area (Å²) in [6.45, 7) is 5.28. The zero-order valence-corrected chi connectivity index (χ0v) is 11.2. The van der Waals surface area contributed by atoms with E-state index in [1.54, 1.807) is 0 Å². The van der Waals surface area contributed by atoms with Gasteiger partial charge in [-0.1, -0.05) is 0 Å². The fourth-order valence-electron chi connectivity index (χ4n) is 2.18. The average molecular weight is 248 g/mol. The highest BCUT2D eigenvalue weighted by molar-refractivity contribution is 5.96. The summed E-state index contributed by atoms with van der Waals surface area (Å²) in [5.41, 5.74) is 2.48. The van der Waals surface area contributed by atoms with Gasteiger partial charge in [0.2, 0.25) is 0 Å². The van der Waals surface area contributed by atoms with Crippen LogP contribution < -0.4 is 10.6 Å². The number of carbonyl (C=O) groups is 1. The molecule has 1 heterocycles. The average Bonchev–Trinajstić information content (AvgIpc) is 2.75. The second-order valence-corrected chi connectivity index (χ2v) is 5.10. The van der Waals surface area contributed by atoms with Crippen molar-refractivity contribution in [3.05, 3.63) is 29.3 Å². The number of ether oxygens (including phenoxy) is 1. The van der Waals surface area contributed by atoms with Gasteiger partial charge in [0.25, 0.3) is 5.91 Å². The lowest BCUT2D eigenvalue weighted by Gasteiger charge is -2.24. The van der Waals surface area contributed by atoms with Gasteiger partial charge in [-0.2, -0.15) is 0 Å². The van der Waals surface area contributed by atoms with Gasteiger partial charge >= 0.3 is 0 Å². The summed E-state index contributed by atoms with van der Waals surface area (Å²) in [5, 5.41) is 6.13. The number of hydrogen-bond acceptors (Lipinski definition) is 3. The van der Waals surface area contributed by atoms with Gasteiger partial charge in [-0.05, 0) is 44.0 Å².